The van der Waals surface area contributed by atoms with Gasteiger partial charge in [0.15, 0.2) is 0 Å². The number of halogens is 1. The fourth-order valence-corrected chi connectivity index (χ4v) is 5.97. The van der Waals surface area contributed by atoms with Crippen LogP contribution in [0.3, 0.4) is 0 Å². The van der Waals surface area contributed by atoms with Crippen molar-refractivity contribution in [1.82, 2.24) is 9.97 Å². The van der Waals surface area contributed by atoms with Gasteiger partial charge < -0.3 is 9.52 Å². The molecule has 0 saturated heterocycles. The van der Waals surface area contributed by atoms with E-state index in [-0.39, 0.29) is 32.2 Å². The molecule has 0 aliphatic heterocycles. The van der Waals surface area contributed by atoms with Crippen molar-refractivity contribution in [3.8, 4) is 50.7 Å². The number of aromatic nitrogens is 2. The number of pyridine rings is 1. The number of phenols is 1. The zero-order valence-electron chi connectivity index (χ0n) is 28.0. The van der Waals surface area contributed by atoms with Crippen LogP contribution in [0.5, 0.6) is 5.75 Å². The fourth-order valence-electron chi connectivity index (χ4n) is 5.97. The van der Waals surface area contributed by atoms with E-state index in [1.165, 1.54) is 6.20 Å². The normalized spacial score (nSPS) is 12.1. The van der Waals surface area contributed by atoms with Crippen LogP contribution in [0.2, 0.25) is 0 Å². The Bertz CT molecular complexity index is 2280. The van der Waals surface area contributed by atoms with Crippen molar-refractivity contribution in [3.05, 3.63) is 150 Å². The zero-order chi connectivity index (χ0) is 33.6. The number of hydrogen-bond donors (Lipinski definition) is 1. The Hall–Kier alpha value is -4.86. The van der Waals surface area contributed by atoms with Crippen LogP contribution in [-0.2, 0) is 26.5 Å². The molecule has 6 heteroatoms. The van der Waals surface area contributed by atoms with Gasteiger partial charge >= 0.3 is 0 Å². The van der Waals surface area contributed by atoms with Gasteiger partial charge in [0.25, 0.3) is 0 Å². The molecule has 0 aliphatic rings. The Morgan fingerprint density at radius 1 is 0.792 bits per heavy atom. The van der Waals surface area contributed by atoms with Crippen molar-refractivity contribution in [1.29, 1.82) is 0 Å². The van der Waals surface area contributed by atoms with Crippen molar-refractivity contribution in [2.45, 2.75) is 39.0 Å². The van der Waals surface area contributed by atoms with Crippen LogP contribution in [0, 0.1) is 11.9 Å². The van der Waals surface area contributed by atoms with E-state index in [1.54, 1.807) is 12.1 Å². The van der Waals surface area contributed by atoms with Crippen LogP contribution in [0.15, 0.2) is 126 Å². The van der Waals surface area contributed by atoms with Crippen LogP contribution in [0.4, 0.5) is 4.39 Å². The van der Waals surface area contributed by atoms with Gasteiger partial charge in [-0.2, -0.15) is 0 Å². The Kier molecular flexibility index (Phi) is 8.81. The van der Waals surface area contributed by atoms with Gasteiger partial charge in [-0.1, -0.05) is 124 Å². The first-order chi connectivity index (χ1) is 23.0. The van der Waals surface area contributed by atoms with E-state index in [4.69, 9.17) is 10.8 Å². The molecular formula is C42H34FN2O2Pt-. The summed E-state index contributed by atoms with van der Waals surface area (Å²) in [5, 5.41) is 11.2. The standard InChI is InChI=1S/C42H34FN2O2.Pt/c1-26(2)28-20-29(22-30(21-28)37-24-35(36(43)25-44-37)27-12-7-5-8-13-27)33-16-11-17-39-40(33)45-41(47-39)34-19-18-32(23-38(34)46)42(3,4)31-14-9-6-10-15-31;/h5-21,23-26,46H,1-4H3;/q-1;/i26D;. The molecule has 5 aromatic carbocycles. The van der Waals surface area contributed by atoms with Gasteiger partial charge in [-0.25, -0.2) is 9.37 Å². The second kappa shape index (κ2) is 13.3. The van der Waals surface area contributed by atoms with E-state index in [2.05, 4.69) is 37.0 Å². The van der Waals surface area contributed by atoms with Gasteiger partial charge in [0.05, 0.1) is 17.3 Å². The van der Waals surface area contributed by atoms with Gasteiger partial charge in [-0.05, 0) is 40.8 Å². The maximum absolute atomic E-state index is 14.9. The van der Waals surface area contributed by atoms with Crippen LogP contribution in [0.1, 0.15) is 51.7 Å². The quantitative estimate of drug-likeness (QED) is 0.163. The molecule has 0 amide bonds. The summed E-state index contributed by atoms with van der Waals surface area (Å²) in [6, 6.07) is 39.8. The van der Waals surface area contributed by atoms with E-state index >= 15 is 0 Å². The van der Waals surface area contributed by atoms with Gasteiger partial charge in [0.2, 0.25) is 5.89 Å². The summed E-state index contributed by atoms with van der Waals surface area (Å²) >= 11 is 0. The Morgan fingerprint density at radius 2 is 1.50 bits per heavy atom. The molecule has 0 spiro atoms. The molecule has 0 saturated carbocycles. The monoisotopic (exact) mass is 813 g/mol. The third kappa shape index (κ3) is 6.23. The van der Waals surface area contributed by atoms with Crippen molar-refractivity contribution in [2.75, 3.05) is 0 Å². The molecule has 0 aliphatic carbocycles. The van der Waals surface area contributed by atoms with Gasteiger partial charge in [0.1, 0.15) is 17.1 Å². The molecule has 7 rings (SSSR count). The Balaban J connectivity index is 0.00000417. The third-order valence-electron chi connectivity index (χ3n) is 8.82. The molecule has 7 aromatic rings. The summed E-state index contributed by atoms with van der Waals surface area (Å²) in [4.78, 5) is 9.29. The predicted molar refractivity (Wildman–Crippen MR) is 187 cm³/mol. The number of rotatable bonds is 7. The molecule has 0 unspecified atom stereocenters. The fraction of sp³-hybridized carbons (Fsp3) is 0.143. The van der Waals surface area contributed by atoms with Gasteiger partial charge in [-0.3, -0.25) is 4.98 Å². The summed E-state index contributed by atoms with van der Waals surface area (Å²) in [5.41, 5.74) is 7.97. The average molecular weight is 814 g/mol. The minimum atomic E-state index is -0.940. The Morgan fingerprint density at radius 3 is 2.21 bits per heavy atom. The number of nitrogens with zero attached hydrogens (tertiary/aromatic N) is 2. The second-order valence-electron chi connectivity index (χ2n) is 12.5. The van der Waals surface area contributed by atoms with E-state index < -0.39 is 11.7 Å². The topological polar surface area (TPSA) is 59.2 Å². The number of aromatic hydroxyl groups is 1. The molecular weight excluding hydrogens is 779 g/mol. The minimum absolute atomic E-state index is 0. The summed E-state index contributed by atoms with van der Waals surface area (Å²) < 4.78 is 30.0. The maximum atomic E-state index is 14.9. The van der Waals surface area contributed by atoms with E-state index in [0.717, 1.165) is 27.8 Å². The first-order valence-electron chi connectivity index (χ1n) is 16.1. The molecule has 1 N–H and O–H groups in total. The zero-order valence-corrected chi connectivity index (χ0v) is 29.3. The second-order valence-corrected chi connectivity index (χ2v) is 12.5. The van der Waals surface area contributed by atoms with Crippen LogP contribution < -0.4 is 0 Å². The number of oxazole rings is 1. The number of para-hydroxylation sites is 1. The average Bonchev–Trinajstić information content (AvgIpc) is 3.53. The molecule has 2 aromatic heterocycles. The third-order valence-corrected chi connectivity index (χ3v) is 8.82. The SMILES string of the molecule is [2H]C(C)(C)c1cc(-c2cc(-c3ccccc3)c(F)cn2)[c-]c(-c2cccc3oc(-c4ccc(C(C)(C)c5ccccc5)cc4O)nc23)c1.[Pt]. The molecule has 0 fully saturated rings. The molecule has 0 atom stereocenters. The molecule has 242 valence electrons. The summed E-state index contributed by atoms with van der Waals surface area (Å²) in [7, 11) is 0. The number of hydrogen-bond acceptors (Lipinski definition) is 4. The van der Waals surface area contributed by atoms with Crippen LogP contribution >= 0.6 is 0 Å². The summed E-state index contributed by atoms with van der Waals surface area (Å²) in [5.74, 6) is -0.982. The minimum Gasteiger partial charge on any atom is -0.507 e. The smallest absolute Gasteiger partial charge is 0.230 e. The number of fused-ring (bicyclic) bond motifs is 1. The number of benzene rings is 5. The first-order valence-corrected chi connectivity index (χ1v) is 15.6. The van der Waals surface area contributed by atoms with Crippen molar-refractivity contribution in [2.24, 2.45) is 0 Å². The summed E-state index contributed by atoms with van der Waals surface area (Å²) in [6.45, 7) is 7.90. The molecule has 48 heavy (non-hydrogen) atoms. The van der Waals surface area contributed by atoms with Crippen LogP contribution in [0.25, 0.3) is 56.1 Å². The number of phenolic OH excluding ortho intramolecular Hbond substituents is 1. The van der Waals surface area contributed by atoms with E-state index in [1.807, 2.05) is 105 Å². The molecule has 4 nitrogen and oxygen atoms in total. The van der Waals surface area contributed by atoms with Gasteiger partial charge in [0, 0.05) is 39.1 Å². The molecule has 2 heterocycles. The van der Waals surface area contributed by atoms with Crippen molar-refractivity contribution < 1.29 is 36.4 Å². The van der Waals surface area contributed by atoms with E-state index in [9.17, 15) is 9.50 Å². The largest absolute Gasteiger partial charge is 0.507 e. The summed E-state index contributed by atoms with van der Waals surface area (Å²) in [6.07, 6.45) is 1.23. The van der Waals surface area contributed by atoms with Crippen molar-refractivity contribution in [3.63, 3.8) is 0 Å². The first kappa shape index (κ1) is 31.7. The van der Waals surface area contributed by atoms with Gasteiger partial charge in [-0.15, -0.1) is 29.3 Å². The maximum Gasteiger partial charge on any atom is 0.230 e. The van der Waals surface area contributed by atoms with Crippen LogP contribution in [-0.4, -0.2) is 15.1 Å². The molecule has 0 bridgehead atoms. The van der Waals surface area contributed by atoms with Crippen molar-refractivity contribution >= 4 is 11.1 Å². The Labute approximate surface area is 296 Å². The van der Waals surface area contributed by atoms with E-state index in [0.29, 0.717) is 44.9 Å². The predicted octanol–water partition coefficient (Wildman–Crippen LogP) is 11.0. The molecule has 0 radical (unpaired) electrons.